The van der Waals surface area contributed by atoms with E-state index in [0.29, 0.717) is 0 Å². The minimum atomic E-state index is -0.125. The van der Waals surface area contributed by atoms with E-state index in [1.807, 2.05) is 49.3 Å². The maximum atomic E-state index is 4.95. The van der Waals surface area contributed by atoms with Crippen LogP contribution in [0.4, 0.5) is 17.1 Å². The molecule has 3 heterocycles. The quantitative estimate of drug-likeness (QED) is 0.189. The average molecular weight is 633 g/mol. The monoisotopic (exact) mass is 632 g/mol. The van der Waals surface area contributed by atoms with E-state index in [9.17, 15) is 0 Å². The van der Waals surface area contributed by atoms with Crippen LogP contribution in [0.5, 0.6) is 0 Å². The molecule has 7 aromatic rings. The number of fused-ring (bicyclic) bond motifs is 6. The van der Waals surface area contributed by atoms with Crippen molar-refractivity contribution in [2.24, 2.45) is 0 Å². The number of rotatable bonds is 5. The molecule has 4 aromatic carbocycles. The summed E-state index contributed by atoms with van der Waals surface area (Å²) in [6.45, 7) is 9.33. The van der Waals surface area contributed by atoms with Gasteiger partial charge in [0.1, 0.15) is 0 Å². The van der Waals surface area contributed by atoms with Crippen LogP contribution in [-0.4, -0.2) is 15.0 Å². The van der Waals surface area contributed by atoms with Gasteiger partial charge in [0, 0.05) is 46.7 Å². The van der Waals surface area contributed by atoms with Gasteiger partial charge in [-0.25, -0.2) is 0 Å². The molecule has 3 aromatic heterocycles. The fraction of sp³-hybridized carbons (Fsp3) is 0.133. The first kappa shape index (κ1) is 29.3. The van der Waals surface area contributed by atoms with Gasteiger partial charge in [-0.3, -0.25) is 15.0 Å². The second-order valence-corrected chi connectivity index (χ2v) is 14.2. The molecule has 236 valence electrons. The largest absolute Gasteiger partial charge is 0.306 e. The zero-order chi connectivity index (χ0) is 33.3. The Morgan fingerprint density at radius 1 is 0.408 bits per heavy atom. The number of anilines is 3. The number of benzene rings is 4. The Labute approximate surface area is 287 Å². The summed E-state index contributed by atoms with van der Waals surface area (Å²) in [5.41, 5.74) is 17.6. The van der Waals surface area contributed by atoms with E-state index in [2.05, 4.69) is 140 Å². The zero-order valence-corrected chi connectivity index (χ0v) is 28.1. The normalized spacial score (nSPS) is 14.4. The lowest BCUT2D eigenvalue weighted by Crippen LogP contribution is -2.16. The predicted octanol–water partition coefficient (Wildman–Crippen LogP) is 11.3. The van der Waals surface area contributed by atoms with E-state index in [1.54, 1.807) is 0 Å². The van der Waals surface area contributed by atoms with Gasteiger partial charge < -0.3 is 4.90 Å². The number of nitrogens with zero attached hydrogens (tertiary/aromatic N) is 4. The van der Waals surface area contributed by atoms with Crippen LogP contribution in [0.2, 0.25) is 0 Å². The van der Waals surface area contributed by atoms with E-state index in [0.717, 1.165) is 39.3 Å². The van der Waals surface area contributed by atoms with Crippen molar-refractivity contribution in [1.29, 1.82) is 0 Å². The Morgan fingerprint density at radius 2 is 0.857 bits per heavy atom. The summed E-state index contributed by atoms with van der Waals surface area (Å²) in [5.74, 6) is 0. The van der Waals surface area contributed by atoms with Crippen LogP contribution in [0, 0.1) is 0 Å². The molecule has 0 bridgehead atoms. The summed E-state index contributed by atoms with van der Waals surface area (Å²) in [6.07, 6.45) is 11.5. The Hall–Kier alpha value is -5.87. The van der Waals surface area contributed by atoms with E-state index in [1.165, 1.54) is 44.5 Å². The maximum Gasteiger partial charge on any atom is 0.0650 e. The van der Waals surface area contributed by atoms with E-state index < -0.39 is 0 Å². The summed E-state index contributed by atoms with van der Waals surface area (Å²) >= 11 is 0. The fourth-order valence-corrected chi connectivity index (χ4v) is 8.24. The molecule has 0 unspecified atom stereocenters. The Balaban J connectivity index is 1.31. The lowest BCUT2D eigenvalue weighted by Gasteiger charge is -2.30. The van der Waals surface area contributed by atoms with Gasteiger partial charge in [-0.15, -0.1) is 0 Å². The molecule has 0 amide bonds. The molecule has 0 N–H and O–H groups in total. The van der Waals surface area contributed by atoms with Gasteiger partial charge in [-0.2, -0.15) is 0 Å². The molecule has 0 saturated carbocycles. The first-order chi connectivity index (χ1) is 23.8. The summed E-state index contributed by atoms with van der Waals surface area (Å²) < 4.78 is 0. The summed E-state index contributed by atoms with van der Waals surface area (Å²) in [5, 5.41) is 0. The van der Waals surface area contributed by atoms with Crippen molar-refractivity contribution in [3.63, 3.8) is 0 Å². The van der Waals surface area contributed by atoms with Gasteiger partial charge in [0.15, 0.2) is 0 Å². The van der Waals surface area contributed by atoms with Gasteiger partial charge in [-0.05, 0) is 92.0 Å². The predicted molar refractivity (Wildman–Crippen MR) is 201 cm³/mol. The lowest BCUT2D eigenvalue weighted by molar-refractivity contribution is 0.660. The molecule has 0 aliphatic heterocycles. The van der Waals surface area contributed by atoms with Gasteiger partial charge in [-0.1, -0.05) is 100 Å². The summed E-state index contributed by atoms with van der Waals surface area (Å²) in [6, 6.07) is 39.7. The third-order valence-corrected chi connectivity index (χ3v) is 10.7. The number of hydrogen-bond donors (Lipinski definition) is 0. The first-order valence-corrected chi connectivity index (χ1v) is 16.9. The third-order valence-electron chi connectivity index (χ3n) is 10.7. The smallest absolute Gasteiger partial charge is 0.0650 e. The Bertz CT molecular complexity index is 2230. The fourth-order valence-electron chi connectivity index (χ4n) is 8.24. The number of aromatic nitrogens is 3. The molecular weight excluding hydrogens is 597 g/mol. The van der Waals surface area contributed by atoms with Crippen LogP contribution < -0.4 is 4.90 Å². The second-order valence-electron chi connectivity index (χ2n) is 14.2. The van der Waals surface area contributed by atoms with Gasteiger partial charge in [0.05, 0.1) is 29.5 Å². The third kappa shape index (κ3) is 4.40. The van der Waals surface area contributed by atoms with Crippen LogP contribution in [0.1, 0.15) is 49.9 Å². The minimum Gasteiger partial charge on any atom is -0.306 e. The van der Waals surface area contributed by atoms with Crippen molar-refractivity contribution in [2.45, 2.75) is 38.5 Å². The summed E-state index contributed by atoms with van der Waals surface area (Å²) in [7, 11) is 0. The van der Waals surface area contributed by atoms with Crippen molar-refractivity contribution >= 4 is 17.1 Å². The maximum absolute atomic E-state index is 4.95. The van der Waals surface area contributed by atoms with Crippen LogP contribution in [0.3, 0.4) is 0 Å². The van der Waals surface area contributed by atoms with Gasteiger partial charge in [0.25, 0.3) is 0 Å². The zero-order valence-electron chi connectivity index (χ0n) is 28.1. The molecule has 4 heteroatoms. The highest BCUT2D eigenvalue weighted by molar-refractivity contribution is 5.98. The second kappa shape index (κ2) is 10.8. The first-order valence-electron chi connectivity index (χ1n) is 16.9. The SMILES string of the molecule is CC1(C)c2ccccc2-c2ccc(-c3cncc(-c4ccc5c(c4)C(C)(C)c4ccccc4-5)c3N(c3cccnc3)c3cccnc3)cc21. The number of hydrogen-bond acceptors (Lipinski definition) is 4. The molecule has 2 aliphatic carbocycles. The molecule has 0 saturated heterocycles. The highest BCUT2D eigenvalue weighted by Crippen LogP contribution is 2.53. The van der Waals surface area contributed by atoms with Crippen molar-refractivity contribution in [2.75, 3.05) is 4.90 Å². The highest BCUT2D eigenvalue weighted by atomic mass is 15.2. The van der Waals surface area contributed by atoms with Gasteiger partial charge in [0.2, 0.25) is 0 Å². The molecule has 9 rings (SSSR count). The van der Waals surface area contributed by atoms with Crippen LogP contribution in [-0.2, 0) is 10.8 Å². The van der Waals surface area contributed by atoms with Crippen molar-refractivity contribution in [3.8, 4) is 44.5 Å². The highest BCUT2D eigenvalue weighted by Gasteiger charge is 2.37. The number of pyridine rings is 3. The van der Waals surface area contributed by atoms with Crippen molar-refractivity contribution in [3.05, 3.63) is 169 Å². The molecule has 0 radical (unpaired) electrons. The Morgan fingerprint density at radius 3 is 1.31 bits per heavy atom. The van der Waals surface area contributed by atoms with Gasteiger partial charge >= 0.3 is 0 Å². The summed E-state index contributed by atoms with van der Waals surface area (Å²) in [4.78, 5) is 16.4. The van der Waals surface area contributed by atoms with Crippen molar-refractivity contribution < 1.29 is 0 Å². The average Bonchev–Trinajstić information content (AvgIpc) is 3.52. The molecular formula is C45H36N4. The van der Waals surface area contributed by atoms with E-state index >= 15 is 0 Å². The molecule has 0 fully saturated rings. The minimum absolute atomic E-state index is 0.125. The standard InChI is InChI=1S/C45H36N4/c1-44(2)39-15-7-5-13-33(39)35-19-17-29(23-41(35)44)37-27-48-28-38(43(37)49(31-11-9-21-46-25-31)32-12-10-22-47-26-32)30-18-20-36-34-14-6-8-16-40(34)45(3,4)42(36)24-30/h5-28H,1-4H3. The van der Waals surface area contributed by atoms with Crippen LogP contribution in [0.25, 0.3) is 44.5 Å². The molecule has 4 nitrogen and oxygen atoms in total. The van der Waals surface area contributed by atoms with Crippen molar-refractivity contribution in [1.82, 2.24) is 15.0 Å². The lowest BCUT2D eigenvalue weighted by atomic mass is 9.81. The topological polar surface area (TPSA) is 41.9 Å². The molecule has 0 atom stereocenters. The molecule has 0 spiro atoms. The Kier molecular flexibility index (Phi) is 6.47. The van der Waals surface area contributed by atoms with E-state index in [-0.39, 0.29) is 10.8 Å². The van der Waals surface area contributed by atoms with Crippen LogP contribution in [0.15, 0.2) is 146 Å². The molecule has 2 aliphatic rings. The van der Waals surface area contributed by atoms with Crippen LogP contribution >= 0.6 is 0 Å². The van der Waals surface area contributed by atoms with E-state index in [4.69, 9.17) is 4.98 Å². The molecule has 49 heavy (non-hydrogen) atoms.